The summed E-state index contributed by atoms with van der Waals surface area (Å²) in [6.07, 6.45) is 1.24. The molecule has 0 radical (unpaired) electrons. The summed E-state index contributed by atoms with van der Waals surface area (Å²) in [6.45, 7) is 13.2. The van der Waals surface area contributed by atoms with E-state index >= 15 is 0 Å². The number of hydrogen-bond donors (Lipinski definition) is 0. The molecule has 0 aliphatic rings. The van der Waals surface area contributed by atoms with Gasteiger partial charge in [-0.25, -0.2) is 0 Å². The fourth-order valence-corrected chi connectivity index (χ4v) is 8.70. The van der Waals surface area contributed by atoms with Gasteiger partial charge in [-0.3, -0.25) is 4.79 Å². The Kier molecular flexibility index (Phi) is 6.66. The largest absolute Gasteiger partial charge is 0.518 e. The van der Waals surface area contributed by atoms with Gasteiger partial charge >= 0.3 is 0 Å². The summed E-state index contributed by atoms with van der Waals surface area (Å²) < 4.78 is 6.14. The molecule has 1 aromatic rings. The van der Waals surface area contributed by atoms with Gasteiger partial charge in [0.2, 0.25) is 0 Å². The van der Waals surface area contributed by atoms with Crippen LogP contribution in [-0.4, -0.2) is 14.3 Å². The van der Waals surface area contributed by atoms with Crippen molar-refractivity contribution in [1.29, 1.82) is 0 Å². The zero-order valence-electron chi connectivity index (χ0n) is 14.3. The van der Waals surface area contributed by atoms with Crippen molar-refractivity contribution in [3.05, 3.63) is 35.9 Å². The molecule has 1 aromatic carbocycles. The van der Waals surface area contributed by atoms with Gasteiger partial charge in [0.1, 0.15) is 0 Å². The maximum absolute atomic E-state index is 12.4. The number of carbonyl (C=O) groups is 1. The van der Waals surface area contributed by atoms with E-state index in [0.717, 1.165) is 6.42 Å². The molecule has 0 aliphatic heterocycles. The third-order valence-electron chi connectivity index (χ3n) is 4.46. The fourth-order valence-electron chi connectivity index (χ4n) is 3.49. The van der Waals surface area contributed by atoms with Gasteiger partial charge < -0.3 is 4.43 Å². The number of rotatable bonds is 7. The Morgan fingerprint density at radius 2 is 1.43 bits per heavy atom. The summed E-state index contributed by atoms with van der Waals surface area (Å²) in [5.74, 6) is -0.0263. The second-order valence-electron chi connectivity index (χ2n) is 6.78. The molecule has 1 rings (SSSR count). The van der Waals surface area contributed by atoms with Crippen LogP contribution in [0, 0.1) is 0 Å². The quantitative estimate of drug-likeness (QED) is 0.636. The Labute approximate surface area is 131 Å². The SMILES string of the molecule is CC(C)[Si](OC(=O)CCc1ccccc1)(C(C)C)C(C)C. The third kappa shape index (κ3) is 4.44. The highest BCUT2D eigenvalue weighted by molar-refractivity contribution is 6.78. The van der Waals surface area contributed by atoms with E-state index in [4.69, 9.17) is 4.43 Å². The predicted molar refractivity (Wildman–Crippen MR) is 91.9 cm³/mol. The lowest BCUT2D eigenvalue weighted by Crippen LogP contribution is -2.49. The lowest BCUT2D eigenvalue weighted by molar-refractivity contribution is -0.135. The summed E-state index contributed by atoms with van der Waals surface area (Å²) in [4.78, 5) is 12.4. The summed E-state index contributed by atoms with van der Waals surface area (Å²) in [5, 5.41) is 0. The van der Waals surface area contributed by atoms with E-state index in [2.05, 4.69) is 53.7 Å². The standard InChI is InChI=1S/C18H30O2Si/c1-14(2)21(15(3)4,16(5)6)20-18(19)13-12-17-10-8-7-9-11-17/h7-11,14-16H,12-13H2,1-6H3. The maximum atomic E-state index is 12.4. The minimum Gasteiger partial charge on any atom is -0.518 e. The minimum atomic E-state index is -2.08. The number of carbonyl (C=O) groups excluding carboxylic acids is 1. The van der Waals surface area contributed by atoms with E-state index in [0.29, 0.717) is 23.0 Å². The van der Waals surface area contributed by atoms with Gasteiger partial charge in [-0.15, -0.1) is 0 Å². The van der Waals surface area contributed by atoms with Crippen molar-refractivity contribution in [2.45, 2.75) is 71.0 Å². The molecule has 2 nitrogen and oxygen atoms in total. The van der Waals surface area contributed by atoms with Crippen molar-refractivity contribution in [2.75, 3.05) is 0 Å². The topological polar surface area (TPSA) is 26.3 Å². The van der Waals surface area contributed by atoms with Gasteiger partial charge in [0.25, 0.3) is 14.3 Å². The van der Waals surface area contributed by atoms with E-state index in [1.807, 2.05) is 18.2 Å². The van der Waals surface area contributed by atoms with Crippen LogP contribution in [0.25, 0.3) is 0 Å². The maximum Gasteiger partial charge on any atom is 0.292 e. The lowest BCUT2D eigenvalue weighted by Gasteiger charge is -2.41. The molecular weight excluding hydrogens is 276 g/mol. The van der Waals surface area contributed by atoms with Crippen LogP contribution in [0.5, 0.6) is 0 Å². The predicted octanol–water partition coefficient (Wildman–Crippen LogP) is 5.34. The highest BCUT2D eigenvalue weighted by atomic mass is 28.4. The molecule has 0 bridgehead atoms. The van der Waals surface area contributed by atoms with Crippen LogP contribution in [0.15, 0.2) is 30.3 Å². The average molecular weight is 307 g/mol. The van der Waals surface area contributed by atoms with E-state index < -0.39 is 8.32 Å². The second kappa shape index (κ2) is 7.78. The molecule has 0 aliphatic carbocycles. The van der Waals surface area contributed by atoms with Gasteiger partial charge in [-0.2, -0.15) is 0 Å². The van der Waals surface area contributed by atoms with Gasteiger partial charge in [0, 0.05) is 6.42 Å². The Morgan fingerprint density at radius 3 is 1.86 bits per heavy atom. The first kappa shape index (κ1) is 18.0. The molecule has 0 unspecified atom stereocenters. The number of aryl methyl sites for hydroxylation is 1. The molecule has 0 atom stereocenters. The molecule has 0 fully saturated rings. The van der Waals surface area contributed by atoms with Crippen LogP contribution in [0.4, 0.5) is 0 Å². The molecule has 0 heterocycles. The first-order chi connectivity index (χ1) is 9.80. The molecule has 3 heteroatoms. The van der Waals surface area contributed by atoms with E-state index in [1.54, 1.807) is 0 Å². The summed E-state index contributed by atoms with van der Waals surface area (Å²) >= 11 is 0. The summed E-state index contributed by atoms with van der Waals surface area (Å²) in [6, 6.07) is 10.1. The molecular formula is C18H30O2Si. The number of benzene rings is 1. The lowest BCUT2D eigenvalue weighted by atomic mass is 10.1. The monoisotopic (exact) mass is 306 g/mol. The molecule has 118 valence electrons. The summed E-state index contributed by atoms with van der Waals surface area (Å²) in [7, 11) is -2.08. The summed E-state index contributed by atoms with van der Waals surface area (Å²) in [5.41, 5.74) is 2.52. The number of hydrogen-bond acceptors (Lipinski definition) is 2. The highest BCUT2D eigenvalue weighted by Gasteiger charge is 2.47. The van der Waals surface area contributed by atoms with Crippen LogP contribution < -0.4 is 0 Å². The van der Waals surface area contributed by atoms with Crippen molar-refractivity contribution in [3.8, 4) is 0 Å². The van der Waals surface area contributed by atoms with Crippen LogP contribution in [0.2, 0.25) is 16.6 Å². The zero-order valence-corrected chi connectivity index (χ0v) is 15.3. The highest BCUT2D eigenvalue weighted by Crippen LogP contribution is 2.42. The van der Waals surface area contributed by atoms with Crippen molar-refractivity contribution >= 4 is 14.3 Å². The molecule has 21 heavy (non-hydrogen) atoms. The molecule has 0 saturated carbocycles. The van der Waals surface area contributed by atoms with Crippen molar-refractivity contribution in [2.24, 2.45) is 0 Å². The smallest absolute Gasteiger partial charge is 0.292 e. The molecule has 0 spiro atoms. The van der Waals surface area contributed by atoms with E-state index in [9.17, 15) is 4.79 Å². The Balaban J connectivity index is 2.73. The van der Waals surface area contributed by atoms with Gasteiger partial charge in [-0.1, -0.05) is 71.9 Å². The van der Waals surface area contributed by atoms with Crippen LogP contribution >= 0.6 is 0 Å². The molecule has 0 saturated heterocycles. The van der Waals surface area contributed by atoms with Crippen LogP contribution in [-0.2, 0) is 15.6 Å². The van der Waals surface area contributed by atoms with Gasteiger partial charge in [-0.05, 0) is 28.6 Å². The molecule has 0 aromatic heterocycles. The second-order valence-corrected chi connectivity index (χ2v) is 12.2. The van der Waals surface area contributed by atoms with Crippen molar-refractivity contribution in [1.82, 2.24) is 0 Å². The molecule has 0 amide bonds. The third-order valence-corrected chi connectivity index (χ3v) is 10.5. The first-order valence-corrected chi connectivity index (χ1v) is 10.2. The van der Waals surface area contributed by atoms with Gasteiger partial charge in [0.15, 0.2) is 0 Å². The van der Waals surface area contributed by atoms with Gasteiger partial charge in [0.05, 0.1) is 0 Å². The minimum absolute atomic E-state index is 0.0263. The zero-order chi connectivity index (χ0) is 16.0. The van der Waals surface area contributed by atoms with Crippen molar-refractivity contribution < 1.29 is 9.22 Å². The van der Waals surface area contributed by atoms with E-state index in [1.165, 1.54) is 5.56 Å². The normalized spacial score (nSPS) is 12.2. The van der Waals surface area contributed by atoms with Crippen molar-refractivity contribution in [3.63, 3.8) is 0 Å². The molecule has 0 N–H and O–H groups in total. The fraction of sp³-hybridized carbons (Fsp3) is 0.611. The van der Waals surface area contributed by atoms with E-state index in [-0.39, 0.29) is 5.97 Å². The Hall–Kier alpha value is -1.09. The van der Waals surface area contributed by atoms with Crippen LogP contribution in [0.3, 0.4) is 0 Å². The first-order valence-electron chi connectivity index (χ1n) is 8.06. The van der Waals surface area contributed by atoms with Crippen LogP contribution in [0.1, 0.15) is 53.5 Å². The average Bonchev–Trinajstić information content (AvgIpc) is 2.42. The Bertz CT molecular complexity index is 416. The Morgan fingerprint density at radius 1 is 0.952 bits per heavy atom.